The number of hydrogen-bond acceptors (Lipinski definition) is 7. The van der Waals surface area contributed by atoms with Crippen LogP contribution in [-0.4, -0.2) is 62.2 Å². The van der Waals surface area contributed by atoms with Crippen LogP contribution >= 0.6 is 11.3 Å². The first-order chi connectivity index (χ1) is 15.5. The van der Waals surface area contributed by atoms with E-state index in [1.165, 1.54) is 11.3 Å². The summed E-state index contributed by atoms with van der Waals surface area (Å²) in [5, 5.41) is 17.4. The lowest BCUT2D eigenvalue weighted by atomic mass is 9.97. The van der Waals surface area contributed by atoms with Gasteiger partial charge in [0.2, 0.25) is 0 Å². The van der Waals surface area contributed by atoms with Crippen LogP contribution < -0.4 is 10.6 Å². The number of anilines is 1. The van der Waals surface area contributed by atoms with Crippen LogP contribution in [0.1, 0.15) is 30.7 Å². The molecule has 2 N–H and O–H groups in total. The highest BCUT2D eigenvalue weighted by molar-refractivity contribution is 7.14. The Hall–Kier alpha value is -2.79. The number of aryl methyl sites for hydroxylation is 1. The van der Waals surface area contributed by atoms with Crippen molar-refractivity contribution in [2.45, 2.75) is 57.2 Å². The molecule has 0 unspecified atom stereocenters. The van der Waals surface area contributed by atoms with E-state index in [0.717, 1.165) is 39.3 Å². The van der Waals surface area contributed by atoms with Crippen molar-refractivity contribution in [2.75, 3.05) is 11.9 Å². The van der Waals surface area contributed by atoms with Gasteiger partial charge in [-0.1, -0.05) is 11.3 Å². The Kier molecular flexibility index (Phi) is 5.68. The quantitative estimate of drug-likeness (QED) is 0.602. The smallest absolute Gasteiger partial charge is 0.318 e. The molecule has 168 valence electrons. The molecule has 8 nitrogen and oxygen atoms in total. The normalized spacial score (nSPS) is 22.6. The molecule has 0 aromatic carbocycles. The van der Waals surface area contributed by atoms with Crippen LogP contribution in [0, 0.1) is 6.92 Å². The van der Waals surface area contributed by atoms with Crippen LogP contribution in [0.15, 0.2) is 24.5 Å². The monoisotopic (exact) mass is 459 g/mol. The van der Waals surface area contributed by atoms with E-state index < -0.39 is 6.43 Å². The summed E-state index contributed by atoms with van der Waals surface area (Å²) in [7, 11) is 0. The fraction of sp³-hybridized carbons (Fsp3) is 0.476. The van der Waals surface area contributed by atoms with Crippen molar-refractivity contribution in [1.82, 2.24) is 30.4 Å². The van der Waals surface area contributed by atoms with Crippen LogP contribution in [0.25, 0.3) is 21.5 Å². The lowest BCUT2D eigenvalue weighted by Crippen LogP contribution is -2.53. The zero-order chi connectivity index (χ0) is 22.2. The topological polar surface area (TPSA) is 95.9 Å². The summed E-state index contributed by atoms with van der Waals surface area (Å²) < 4.78 is 25.1. The number of urea groups is 1. The molecule has 2 amide bonds. The molecule has 3 atom stereocenters. The van der Waals surface area contributed by atoms with Gasteiger partial charge in [0, 0.05) is 35.9 Å². The highest BCUT2D eigenvalue weighted by atomic mass is 32.1. The van der Waals surface area contributed by atoms with Crippen molar-refractivity contribution in [2.24, 2.45) is 0 Å². The summed E-state index contributed by atoms with van der Waals surface area (Å²) in [6.45, 7) is 1.59. The Balaban J connectivity index is 1.29. The molecule has 2 fully saturated rings. The minimum Gasteiger partial charge on any atom is -0.318 e. The summed E-state index contributed by atoms with van der Waals surface area (Å²) in [5.74, 6) is 0.463. The van der Waals surface area contributed by atoms with Crippen molar-refractivity contribution in [3.63, 3.8) is 0 Å². The summed E-state index contributed by atoms with van der Waals surface area (Å²) in [6, 6.07) is 3.69. The van der Waals surface area contributed by atoms with Crippen LogP contribution in [-0.2, 0) is 0 Å². The second kappa shape index (κ2) is 8.62. The van der Waals surface area contributed by atoms with E-state index in [9.17, 15) is 13.6 Å². The molecule has 2 aliphatic rings. The molecule has 5 heterocycles. The number of nitrogens with one attached hydrogen (secondary N) is 2. The fourth-order valence-electron chi connectivity index (χ4n) is 4.73. The number of fused-ring (bicyclic) bond motifs is 3. The molecule has 0 aliphatic carbocycles. The second-order valence-electron chi connectivity index (χ2n) is 8.30. The molecule has 3 aromatic heterocycles. The van der Waals surface area contributed by atoms with E-state index in [-0.39, 0.29) is 30.7 Å². The Labute approximate surface area is 187 Å². The number of pyridine rings is 2. The third-order valence-corrected chi connectivity index (χ3v) is 6.97. The number of hydrogen-bond donors (Lipinski definition) is 2. The molecule has 0 spiro atoms. The molecule has 3 aromatic rings. The minimum atomic E-state index is -2.36. The maximum absolute atomic E-state index is 13.0. The zero-order valence-corrected chi connectivity index (χ0v) is 18.3. The molecule has 5 rings (SSSR count). The first-order valence-electron chi connectivity index (χ1n) is 10.6. The van der Waals surface area contributed by atoms with Crippen molar-refractivity contribution in [1.29, 1.82) is 0 Å². The molecule has 2 aliphatic heterocycles. The average Bonchev–Trinajstić information content (AvgIpc) is 3.32. The summed E-state index contributed by atoms with van der Waals surface area (Å²) in [4.78, 5) is 23.7. The van der Waals surface area contributed by atoms with Crippen LogP contribution in [0.2, 0.25) is 0 Å². The number of carbonyl (C=O) groups excluding carboxylic acids is 1. The van der Waals surface area contributed by atoms with E-state index in [1.807, 2.05) is 24.0 Å². The fourth-order valence-corrected chi connectivity index (χ4v) is 5.39. The SMILES string of the molecule is Cc1nnc(-c2cc3cc(NC(=O)N4[C@@H]5CC[C@H]4C[C@@H](NCC(F)F)C5)ncc3cn2)s1. The molecule has 2 saturated heterocycles. The molecular formula is C21H23F2N7OS. The van der Waals surface area contributed by atoms with E-state index in [2.05, 4.69) is 30.8 Å². The molecule has 0 saturated carbocycles. The Morgan fingerprint density at radius 1 is 1.16 bits per heavy atom. The molecule has 11 heteroatoms. The van der Waals surface area contributed by atoms with E-state index >= 15 is 0 Å². The number of rotatable bonds is 5. The number of alkyl halides is 2. The largest absolute Gasteiger partial charge is 0.323 e. The maximum atomic E-state index is 13.0. The van der Waals surface area contributed by atoms with E-state index in [0.29, 0.717) is 18.7 Å². The van der Waals surface area contributed by atoms with E-state index in [4.69, 9.17) is 0 Å². The maximum Gasteiger partial charge on any atom is 0.323 e. The number of carbonyl (C=O) groups is 1. The van der Waals surface area contributed by atoms with Gasteiger partial charge >= 0.3 is 6.03 Å². The second-order valence-corrected chi connectivity index (χ2v) is 9.48. The number of piperidine rings is 1. The van der Waals surface area contributed by atoms with Gasteiger partial charge < -0.3 is 10.2 Å². The highest BCUT2D eigenvalue weighted by Crippen LogP contribution is 2.36. The Morgan fingerprint density at radius 3 is 2.59 bits per heavy atom. The molecular weight excluding hydrogens is 436 g/mol. The lowest BCUT2D eigenvalue weighted by Gasteiger charge is -2.39. The third kappa shape index (κ3) is 4.26. The predicted octanol–water partition coefficient (Wildman–Crippen LogP) is 3.84. The first-order valence-corrected chi connectivity index (χ1v) is 11.4. The van der Waals surface area contributed by atoms with Crippen molar-refractivity contribution >= 4 is 34.0 Å². The molecule has 32 heavy (non-hydrogen) atoms. The van der Waals surface area contributed by atoms with Gasteiger partial charge in [0.15, 0.2) is 5.01 Å². The van der Waals surface area contributed by atoms with Crippen LogP contribution in [0.3, 0.4) is 0 Å². The number of nitrogens with zero attached hydrogens (tertiary/aromatic N) is 5. The average molecular weight is 460 g/mol. The van der Waals surface area contributed by atoms with Gasteiger partial charge in [-0.15, -0.1) is 10.2 Å². The van der Waals surface area contributed by atoms with Gasteiger partial charge in [-0.25, -0.2) is 18.6 Å². The summed E-state index contributed by atoms with van der Waals surface area (Å²) >= 11 is 1.47. The highest BCUT2D eigenvalue weighted by Gasteiger charge is 2.43. The lowest BCUT2D eigenvalue weighted by molar-refractivity contribution is 0.115. The van der Waals surface area contributed by atoms with Crippen molar-refractivity contribution in [3.8, 4) is 10.7 Å². The Morgan fingerprint density at radius 2 is 1.91 bits per heavy atom. The number of halogens is 2. The Bertz CT molecular complexity index is 1130. The van der Waals surface area contributed by atoms with Crippen LogP contribution in [0.4, 0.5) is 19.4 Å². The van der Waals surface area contributed by atoms with Gasteiger partial charge in [-0.2, -0.15) is 0 Å². The summed E-state index contributed by atoms with van der Waals surface area (Å²) in [5.41, 5.74) is 0.725. The van der Waals surface area contributed by atoms with Gasteiger partial charge in [0.1, 0.15) is 16.5 Å². The van der Waals surface area contributed by atoms with Crippen molar-refractivity contribution in [3.05, 3.63) is 29.5 Å². The van der Waals surface area contributed by atoms with Gasteiger partial charge in [-0.05, 0) is 50.1 Å². The van der Waals surface area contributed by atoms with Crippen LogP contribution in [0.5, 0.6) is 0 Å². The minimum absolute atomic E-state index is 0.0271. The third-order valence-electron chi connectivity index (χ3n) is 6.11. The first kappa shape index (κ1) is 21.1. The zero-order valence-electron chi connectivity index (χ0n) is 17.5. The summed E-state index contributed by atoms with van der Waals surface area (Å²) in [6.07, 6.45) is 4.23. The molecule has 0 radical (unpaired) electrons. The van der Waals surface area contributed by atoms with Crippen molar-refractivity contribution < 1.29 is 13.6 Å². The molecule has 2 bridgehead atoms. The number of amides is 2. The van der Waals surface area contributed by atoms with Gasteiger partial charge in [0.05, 0.1) is 6.54 Å². The standard InChI is InChI=1S/C21H23F2N7OS/c1-11-28-29-20(32-11)17-4-12-5-19(26-9-13(12)8-25-17)27-21(31)30-15-2-3-16(30)7-14(6-15)24-10-18(22)23/h4-5,8-9,14-16,18,24H,2-3,6-7,10H2,1H3,(H,26,27,31)/t14-,15+,16-. The van der Waals surface area contributed by atoms with Gasteiger partial charge in [0.25, 0.3) is 6.43 Å². The number of aromatic nitrogens is 4. The predicted molar refractivity (Wildman–Crippen MR) is 118 cm³/mol. The van der Waals surface area contributed by atoms with E-state index in [1.54, 1.807) is 12.4 Å². The van der Waals surface area contributed by atoms with Gasteiger partial charge in [-0.3, -0.25) is 10.3 Å².